The van der Waals surface area contributed by atoms with Crippen molar-refractivity contribution in [3.63, 3.8) is 0 Å². The minimum absolute atomic E-state index is 0.0209. The molecule has 4 N–H and O–H groups in total. The summed E-state index contributed by atoms with van der Waals surface area (Å²) in [5.74, 6) is 6.02. The molecule has 76 heavy (non-hydrogen) atoms. The number of aliphatic hydroxyl groups excluding tert-OH is 1. The highest BCUT2D eigenvalue weighted by molar-refractivity contribution is 7.15. The first-order chi connectivity index (χ1) is 36.4. The lowest BCUT2D eigenvalue weighted by atomic mass is 9.85. The lowest BCUT2D eigenvalue weighted by Gasteiger charge is -2.35. The lowest BCUT2D eigenvalue weighted by molar-refractivity contribution is -0.144. The van der Waals surface area contributed by atoms with Crippen molar-refractivity contribution in [2.24, 2.45) is 10.4 Å². The van der Waals surface area contributed by atoms with Crippen LogP contribution in [-0.4, -0.2) is 110 Å². The number of hydrogen-bond acceptors (Lipinski definition) is 13. The number of rotatable bonds is 18. The normalized spacial score (nSPS) is 16.8. The van der Waals surface area contributed by atoms with E-state index in [0.29, 0.717) is 23.9 Å². The summed E-state index contributed by atoms with van der Waals surface area (Å²) >= 11 is 9.50. The maximum absolute atomic E-state index is 14.0. The predicted octanol–water partition coefficient (Wildman–Crippen LogP) is 8.08. The second kappa shape index (κ2) is 24.6. The molecule has 1 fully saturated rings. The van der Waals surface area contributed by atoms with Gasteiger partial charge in [0, 0.05) is 52.7 Å². The number of aromatic nitrogens is 4. The topological polar surface area (TPSA) is 202 Å². The molecule has 0 aliphatic carbocycles. The molecular weight excluding hydrogens is 1020 g/mol. The number of amides is 4. The SMILES string of the molecule is Cc1ncsc1-c1ccc(CNC(=O)[C@@H]2C[C@@H](O)CN2C(=O)C(NC(=O)COCCCOCC#Cc2ccc([C@@H](C)NC(=O)C[C@@H]3N=C(c4ccc(Cl)cc4)c4c(sc(C)c4C)-n4c(C)nnc43)cc2)C(C)(C)C)cc1. The van der Waals surface area contributed by atoms with E-state index in [-0.39, 0.29) is 63.6 Å². The van der Waals surface area contributed by atoms with Crippen LogP contribution in [0.3, 0.4) is 0 Å². The zero-order chi connectivity index (χ0) is 54.3. The molecule has 1 unspecified atom stereocenters. The molecule has 0 radical (unpaired) electrons. The summed E-state index contributed by atoms with van der Waals surface area (Å²) in [6, 6.07) is 20.4. The number of aryl methyl sites for hydroxylation is 3. The number of halogens is 1. The van der Waals surface area contributed by atoms with Crippen molar-refractivity contribution in [1.82, 2.24) is 40.6 Å². The Bertz CT molecular complexity index is 3150. The summed E-state index contributed by atoms with van der Waals surface area (Å²) in [5, 5.41) is 30.0. The van der Waals surface area contributed by atoms with Gasteiger partial charge in [-0.15, -0.1) is 32.9 Å². The number of hydrogen-bond donors (Lipinski definition) is 4. The van der Waals surface area contributed by atoms with Gasteiger partial charge in [-0.05, 0) is 93.0 Å². The number of fused-ring (bicyclic) bond motifs is 3. The van der Waals surface area contributed by atoms with Crippen molar-refractivity contribution in [1.29, 1.82) is 0 Å². The minimum atomic E-state index is -0.970. The van der Waals surface area contributed by atoms with Crippen LogP contribution in [0.25, 0.3) is 15.4 Å². The minimum Gasteiger partial charge on any atom is -0.391 e. The van der Waals surface area contributed by atoms with Crippen LogP contribution in [-0.2, 0) is 35.2 Å². The van der Waals surface area contributed by atoms with Gasteiger partial charge >= 0.3 is 0 Å². The van der Waals surface area contributed by atoms with Gasteiger partial charge in [-0.2, -0.15) is 0 Å². The quantitative estimate of drug-likeness (QED) is 0.0482. The molecule has 3 aromatic heterocycles. The number of benzene rings is 3. The standard InChI is InChI=1S/C57H64ClN9O7S2/c1-33-36(4)76-56-49(33)50(41-20-22-43(58)23-21-41)62-45(53-65-64-37(5)67(53)56)28-47(69)61-34(2)40-16-12-38(13-17-40)11-9-24-73-25-10-26-74-31-48(70)63-52(57(6,7)8)55(72)66-30-44(68)27-46(66)54(71)59-29-39-14-18-42(19-15-39)51-35(3)60-32-75-51/h12-23,32,34,44-46,52,68H,10,24-31H2,1-8H3,(H,59,71)(H,61,69)(H,63,70)/t34-,44-,45+,46+,52?/m1/s1. The van der Waals surface area contributed by atoms with E-state index in [0.717, 1.165) is 66.1 Å². The number of likely N-dealkylation sites (tertiary alicyclic amines) is 1. The average Bonchev–Trinajstić information content (AvgIpc) is 4.16. The first-order valence-corrected chi connectivity index (χ1v) is 27.4. The Morgan fingerprint density at radius 1 is 0.908 bits per heavy atom. The Balaban J connectivity index is 0.753. The highest BCUT2D eigenvalue weighted by atomic mass is 35.5. The highest BCUT2D eigenvalue weighted by Gasteiger charge is 2.44. The first-order valence-electron chi connectivity index (χ1n) is 25.3. The van der Waals surface area contributed by atoms with Crippen LogP contribution >= 0.6 is 34.3 Å². The Morgan fingerprint density at radius 3 is 2.32 bits per heavy atom. The Morgan fingerprint density at radius 2 is 1.62 bits per heavy atom. The molecule has 2 aliphatic rings. The largest absolute Gasteiger partial charge is 0.391 e. The summed E-state index contributed by atoms with van der Waals surface area (Å²) in [6.45, 7) is 16.3. The average molecular weight is 1090 g/mol. The molecule has 5 atom stereocenters. The van der Waals surface area contributed by atoms with Crippen LogP contribution in [0.5, 0.6) is 0 Å². The summed E-state index contributed by atoms with van der Waals surface area (Å²) in [5.41, 5.74) is 9.53. The number of ether oxygens (including phenoxy) is 2. The molecule has 0 bridgehead atoms. The molecule has 16 nitrogen and oxygen atoms in total. The van der Waals surface area contributed by atoms with Gasteiger partial charge in [0.05, 0.1) is 47.0 Å². The van der Waals surface area contributed by atoms with Crippen LogP contribution in [0.1, 0.15) is 115 Å². The van der Waals surface area contributed by atoms with Crippen molar-refractivity contribution < 1.29 is 33.8 Å². The van der Waals surface area contributed by atoms with Crippen molar-refractivity contribution in [2.75, 3.05) is 33.0 Å². The van der Waals surface area contributed by atoms with Gasteiger partial charge in [0.25, 0.3) is 0 Å². The van der Waals surface area contributed by atoms with Crippen LogP contribution in [0.4, 0.5) is 0 Å². The number of aliphatic imine (C=N–C) groups is 1. The zero-order valence-electron chi connectivity index (χ0n) is 44.0. The fraction of sp³-hybridized carbons (Fsp3) is 0.404. The second-order valence-corrected chi connectivity index (χ2v) is 22.7. The number of nitrogens with zero attached hydrogens (tertiary/aromatic N) is 6. The molecule has 8 rings (SSSR count). The van der Waals surface area contributed by atoms with Gasteiger partial charge in [-0.3, -0.25) is 28.7 Å². The van der Waals surface area contributed by atoms with Crippen molar-refractivity contribution in [3.8, 4) is 27.3 Å². The number of carbonyl (C=O) groups excluding carboxylic acids is 4. The molecule has 0 spiro atoms. The Labute approximate surface area is 456 Å². The third kappa shape index (κ3) is 13.3. The molecule has 6 aromatic rings. The zero-order valence-corrected chi connectivity index (χ0v) is 46.4. The van der Waals surface area contributed by atoms with Gasteiger partial charge in [0.15, 0.2) is 5.82 Å². The summed E-state index contributed by atoms with van der Waals surface area (Å²) in [4.78, 5) is 67.5. The van der Waals surface area contributed by atoms with E-state index in [1.807, 2.05) is 124 Å². The lowest BCUT2D eigenvalue weighted by Crippen LogP contribution is -2.58. The molecule has 4 amide bonds. The number of carbonyl (C=O) groups is 4. The first kappa shape index (κ1) is 55.6. The summed E-state index contributed by atoms with van der Waals surface area (Å²) < 4.78 is 13.4. The molecule has 0 saturated carbocycles. The van der Waals surface area contributed by atoms with Gasteiger partial charge in [0.2, 0.25) is 23.6 Å². The van der Waals surface area contributed by atoms with Crippen LogP contribution in [0.2, 0.25) is 5.02 Å². The van der Waals surface area contributed by atoms with Crippen molar-refractivity contribution in [3.05, 3.63) is 139 Å². The van der Waals surface area contributed by atoms with E-state index in [2.05, 4.69) is 56.8 Å². The van der Waals surface area contributed by atoms with E-state index < -0.39 is 41.5 Å². The van der Waals surface area contributed by atoms with Crippen LogP contribution < -0.4 is 16.0 Å². The van der Waals surface area contributed by atoms with Gasteiger partial charge in [0.1, 0.15) is 42.2 Å². The number of thiophene rings is 1. The fourth-order valence-electron chi connectivity index (χ4n) is 9.22. The summed E-state index contributed by atoms with van der Waals surface area (Å²) in [7, 11) is 0. The van der Waals surface area contributed by atoms with E-state index in [1.165, 1.54) is 9.78 Å². The maximum atomic E-state index is 14.0. The number of aliphatic hydroxyl groups is 1. The van der Waals surface area contributed by atoms with Gasteiger partial charge < -0.3 is 35.4 Å². The molecule has 5 heterocycles. The third-order valence-corrected chi connectivity index (χ3v) is 15.9. The molecule has 19 heteroatoms. The fourth-order valence-corrected chi connectivity index (χ4v) is 11.4. The number of nitrogens with one attached hydrogen (secondary N) is 3. The molecular formula is C57H64ClN9O7S2. The van der Waals surface area contributed by atoms with E-state index in [4.69, 9.17) is 26.1 Å². The van der Waals surface area contributed by atoms with E-state index in [9.17, 15) is 24.3 Å². The molecule has 3 aromatic carbocycles. The Kier molecular flexibility index (Phi) is 18.0. The Hall–Kier alpha value is -6.59. The monoisotopic (exact) mass is 1090 g/mol. The van der Waals surface area contributed by atoms with Crippen LogP contribution in [0, 0.1) is 45.0 Å². The van der Waals surface area contributed by atoms with Crippen LogP contribution in [0.15, 0.2) is 83.3 Å². The maximum Gasteiger partial charge on any atom is 0.246 e. The second-order valence-electron chi connectivity index (χ2n) is 20.2. The van der Waals surface area contributed by atoms with E-state index >= 15 is 0 Å². The number of thiazole rings is 1. The van der Waals surface area contributed by atoms with Crippen molar-refractivity contribution in [2.45, 2.75) is 111 Å². The van der Waals surface area contributed by atoms with Gasteiger partial charge in [-0.1, -0.05) is 92.7 Å². The highest BCUT2D eigenvalue weighted by Crippen LogP contribution is 2.40. The smallest absolute Gasteiger partial charge is 0.246 e. The van der Waals surface area contributed by atoms with Crippen molar-refractivity contribution >= 4 is 63.6 Å². The third-order valence-electron chi connectivity index (χ3n) is 13.5. The molecule has 2 aliphatic heterocycles. The number of β-amino-alcohol motifs (C(OH)–C–C–N with tert-alkyl or cyclic N) is 1. The molecule has 1 saturated heterocycles. The van der Waals surface area contributed by atoms with Gasteiger partial charge in [-0.25, -0.2) is 4.98 Å². The molecule has 398 valence electrons. The predicted molar refractivity (Wildman–Crippen MR) is 296 cm³/mol. The summed E-state index contributed by atoms with van der Waals surface area (Å²) in [6.07, 6.45) is -0.203. The van der Waals surface area contributed by atoms with E-state index in [1.54, 1.807) is 22.7 Å².